The number of imidazole rings is 1. The van der Waals surface area contributed by atoms with Gasteiger partial charge in [-0.1, -0.05) is 18.1 Å². The van der Waals surface area contributed by atoms with Crippen molar-refractivity contribution < 1.29 is 4.79 Å². The molecule has 6 nitrogen and oxygen atoms in total. The SMILES string of the molecule is CC#Cc1ccc(C(=O)N2CCN(Cc3cnc(C)n3Cc3ccc(C#N)cc3)CC2)cc1C. The normalized spacial score (nSPS) is 13.8. The standard InChI is InChI=1S/C28H29N5O/c1-4-5-25-10-11-26(16-21(25)2)28(34)32-14-12-31(13-15-32)20-27-18-30-22(3)33(27)19-24-8-6-23(17-29)7-9-24/h6-11,16,18H,12-15,19-20H2,1-3H3. The minimum Gasteiger partial charge on any atom is -0.336 e. The summed E-state index contributed by atoms with van der Waals surface area (Å²) in [5.41, 5.74) is 5.69. The fourth-order valence-electron chi connectivity index (χ4n) is 4.32. The predicted octanol–water partition coefficient (Wildman–Crippen LogP) is 3.75. The van der Waals surface area contributed by atoms with Crippen LogP contribution in [0.25, 0.3) is 0 Å². The maximum absolute atomic E-state index is 13.0. The highest BCUT2D eigenvalue weighted by molar-refractivity contribution is 5.94. The molecule has 1 amide bonds. The molecule has 0 saturated carbocycles. The fraction of sp³-hybridized carbons (Fsp3) is 0.321. The van der Waals surface area contributed by atoms with Crippen molar-refractivity contribution in [2.45, 2.75) is 33.9 Å². The second-order valence-corrected chi connectivity index (χ2v) is 8.66. The van der Waals surface area contributed by atoms with E-state index < -0.39 is 0 Å². The lowest BCUT2D eigenvalue weighted by Gasteiger charge is -2.35. The maximum atomic E-state index is 13.0. The van der Waals surface area contributed by atoms with Crippen LogP contribution in [0.1, 0.15) is 51.1 Å². The van der Waals surface area contributed by atoms with Gasteiger partial charge >= 0.3 is 0 Å². The van der Waals surface area contributed by atoms with Crippen LogP contribution in [0.15, 0.2) is 48.7 Å². The molecule has 172 valence electrons. The molecule has 0 N–H and O–H groups in total. The van der Waals surface area contributed by atoms with Gasteiger partial charge in [0.2, 0.25) is 0 Å². The summed E-state index contributed by atoms with van der Waals surface area (Å²) in [6, 6.07) is 15.6. The Labute approximate surface area is 201 Å². The summed E-state index contributed by atoms with van der Waals surface area (Å²) in [5, 5.41) is 9.02. The summed E-state index contributed by atoms with van der Waals surface area (Å²) in [6.45, 7) is 10.4. The van der Waals surface area contributed by atoms with Crippen molar-refractivity contribution in [3.8, 4) is 17.9 Å². The minimum absolute atomic E-state index is 0.0838. The van der Waals surface area contributed by atoms with E-state index in [0.29, 0.717) is 18.7 Å². The number of nitriles is 1. The largest absolute Gasteiger partial charge is 0.336 e. The Balaban J connectivity index is 1.37. The third-order valence-corrected chi connectivity index (χ3v) is 6.34. The van der Waals surface area contributed by atoms with Crippen molar-refractivity contribution in [1.82, 2.24) is 19.4 Å². The van der Waals surface area contributed by atoms with Crippen molar-refractivity contribution in [3.05, 3.63) is 88.0 Å². The molecule has 1 aliphatic rings. The van der Waals surface area contributed by atoms with Crippen LogP contribution in [0.2, 0.25) is 0 Å². The zero-order chi connectivity index (χ0) is 24.1. The van der Waals surface area contributed by atoms with Crippen LogP contribution < -0.4 is 0 Å². The number of hydrogen-bond acceptors (Lipinski definition) is 4. The Morgan fingerprint density at radius 1 is 1.03 bits per heavy atom. The summed E-state index contributed by atoms with van der Waals surface area (Å²) in [4.78, 5) is 21.9. The number of carbonyl (C=O) groups is 1. The molecule has 0 spiro atoms. The van der Waals surface area contributed by atoms with Gasteiger partial charge in [-0.25, -0.2) is 4.98 Å². The maximum Gasteiger partial charge on any atom is 0.253 e. The number of rotatable bonds is 5. The molecule has 34 heavy (non-hydrogen) atoms. The highest BCUT2D eigenvalue weighted by atomic mass is 16.2. The average molecular weight is 452 g/mol. The topological polar surface area (TPSA) is 65.2 Å². The van der Waals surface area contributed by atoms with Gasteiger partial charge in [0.25, 0.3) is 5.91 Å². The number of carbonyl (C=O) groups excluding carboxylic acids is 1. The molecular formula is C28H29N5O. The highest BCUT2D eigenvalue weighted by Crippen LogP contribution is 2.17. The summed E-state index contributed by atoms with van der Waals surface area (Å²) < 4.78 is 2.22. The first-order chi connectivity index (χ1) is 16.5. The van der Waals surface area contributed by atoms with E-state index in [9.17, 15) is 4.79 Å². The molecule has 1 aromatic heterocycles. The van der Waals surface area contributed by atoms with Gasteiger partial charge in [0.15, 0.2) is 0 Å². The third kappa shape index (κ3) is 5.20. The molecule has 0 radical (unpaired) electrons. The first kappa shape index (κ1) is 23.3. The van der Waals surface area contributed by atoms with Gasteiger partial charge < -0.3 is 9.47 Å². The molecule has 3 aromatic rings. The number of hydrogen-bond donors (Lipinski definition) is 0. The van der Waals surface area contributed by atoms with E-state index in [1.54, 1.807) is 0 Å². The quantitative estimate of drug-likeness (QED) is 0.554. The van der Waals surface area contributed by atoms with Crippen molar-refractivity contribution in [2.75, 3.05) is 26.2 Å². The number of piperazine rings is 1. The van der Waals surface area contributed by atoms with Gasteiger partial charge in [-0.3, -0.25) is 9.69 Å². The molecule has 4 rings (SSSR count). The first-order valence-corrected chi connectivity index (χ1v) is 11.5. The van der Waals surface area contributed by atoms with Crippen LogP contribution in [-0.4, -0.2) is 51.4 Å². The second-order valence-electron chi connectivity index (χ2n) is 8.66. The second kappa shape index (κ2) is 10.4. The average Bonchev–Trinajstić information content (AvgIpc) is 3.19. The van der Waals surface area contributed by atoms with Crippen LogP contribution in [0.4, 0.5) is 0 Å². The molecule has 0 unspecified atom stereocenters. The molecular weight excluding hydrogens is 422 g/mol. The number of aryl methyl sites for hydroxylation is 2. The molecule has 1 aliphatic heterocycles. The Morgan fingerprint density at radius 3 is 2.41 bits per heavy atom. The molecule has 2 aromatic carbocycles. The predicted molar refractivity (Wildman–Crippen MR) is 132 cm³/mol. The fourth-order valence-corrected chi connectivity index (χ4v) is 4.32. The Bertz CT molecular complexity index is 1280. The summed E-state index contributed by atoms with van der Waals surface area (Å²) in [7, 11) is 0. The number of aromatic nitrogens is 2. The lowest BCUT2D eigenvalue weighted by Crippen LogP contribution is -2.48. The van der Waals surface area contributed by atoms with Crippen LogP contribution in [-0.2, 0) is 13.1 Å². The molecule has 0 aliphatic carbocycles. The van der Waals surface area contributed by atoms with Gasteiger partial charge in [0, 0.05) is 56.6 Å². The van der Waals surface area contributed by atoms with Gasteiger partial charge in [-0.2, -0.15) is 5.26 Å². The first-order valence-electron chi connectivity index (χ1n) is 11.5. The molecule has 1 fully saturated rings. The smallest absolute Gasteiger partial charge is 0.253 e. The van der Waals surface area contributed by atoms with E-state index in [1.807, 2.05) is 74.3 Å². The van der Waals surface area contributed by atoms with Crippen molar-refractivity contribution in [1.29, 1.82) is 5.26 Å². The highest BCUT2D eigenvalue weighted by Gasteiger charge is 2.23. The van der Waals surface area contributed by atoms with Crippen molar-refractivity contribution >= 4 is 5.91 Å². The van der Waals surface area contributed by atoms with E-state index in [2.05, 4.69) is 32.4 Å². The van der Waals surface area contributed by atoms with E-state index >= 15 is 0 Å². The van der Waals surface area contributed by atoms with Crippen LogP contribution in [0, 0.1) is 37.0 Å². The monoisotopic (exact) mass is 451 g/mol. The summed E-state index contributed by atoms with van der Waals surface area (Å²) in [6.07, 6.45) is 1.94. The molecule has 6 heteroatoms. The van der Waals surface area contributed by atoms with Gasteiger partial charge in [-0.05, 0) is 62.2 Å². The number of nitrogens with zero attached hydrogens (tertiary/aromatic N) is 5. The van der Waals surface area contributed by atoms with Crippen molar-refractivity contribution in [2.24, 2.45) is 0 Å². The zero-order valence-electron chi connectivity index (χ0n) is 20.0. The van der Waals surface area contributed by atoms with Gasteiger partial charge in [-0.15, -0.1) is 5.92 Å². The number of benzene rings is 2. The van der Waals surface area contributed by atoms with Gasteiger partial charge in [0.05, 0.1) is 17.3 Å². The van der Waals surface area contributed by atoms with Gasteiger partial charge in [0.1, 0.15) is 5.82 Å². The number of amides is 1. The Hall–Kier alpha value is -3.87. The lowest BCUT2D eigenvalue weighted by atomic mass is 10.0. The summed E-state index contributed by atoms with van der Waals surface area (Å²) >= 11 is 0. The Morgan fingerprint density at radius 2 is 1.76 bits per heavy atom. The molecule has 2 heterocycles. The van der Waals surface area contributed by atoms with Crippen molar-refractivity contribution in [3.63, 3.8) is 0 Å². The third-order valence-electron chi connectivity index (χ3n) is 6.34. The van der Waals surface area contributed by atoms with Crippen LogP contribution in [0.5, 0.6) is 0 Å². The van der Waals surface area contributed by atoms with Crippen LogP contribution in [0.3, 0.4) is 0 Å². The summed E-state index contributed by atoms with van der Waals surface area (Å²) in [5.74, 6) is 7.05. The molecule has 0 bridgehead atoms. The van der Waals surface area contributed by atoms with E-state index in [-0.39, 0.29) is 5.91 Å². The zero-order valence-corrected chi connectivity index (χ0v) is 20.0. The van der Waals surface area contributed by atoms with E-state index in [0.717, 1.165) is 60.0 Å². The van der Waals surface area contributed by atoms with E-state index in [1.165, 1.54) is 0 Å². The lowest BCUT2D eigenvalue weighted by molar-refractivity contribution is 0.0625. The molecule has 1 saturated heterocycles. The minimum atomic E-state index is 0.0838. The van der Waals surface area contributed by atoms with E-state index in [4.69, 9.17) is 5.26 Å². The van der Waals surface area contributed by atoms with Crippen LogP contribution >= 0.6 is 0 Å². The molecule has 0 atom stereocenters. The Kier molecular flexibility index (Phi) is 7.11.